The van der Waals surface area contributed by atoms with Gasteiger partial charge in [-0.15, -0.1) is 0 Å². The zero-order valence-corrected chi connectivity index (χ0v) is 15.0. The fraction of sp³-hybridized carbons (Fsp3) is 0.429. The normalized spacial score (nSPS) is 15.2. The van der Waals surface area contributed by atoms with E-state index in [0.29, 0.717) is 6.61 Å². The number of morpholine rings is 1. The van der Waals surface area contributed by atoms with E-state index in [4.69, 9.17) is 9.47 Å². The minimum atomic E-state index is 0.612. The molecule has 0 unspecified atom stereocenters. The third-order valence-electron chi connectivity index (χ3n) is 4.59. The monoisotopic (exact) mass is 340 g/mol. The van der Waals surface area contributed by atoms with E-state index in [2.05, 4.69) is 59.6 Å². The van der Waals surface area contributed by atoms with Crippen LogP contribution in [0.2, 0.25) is 0 Å². The van der Waals surface area contributed by atoms with Gasteiger partial charge in [0.15, 0.2) is 0 Å². The van der Waals surface area contributed by atoms with Crippen LogP contribution in [0.25, 0.3) is 0 Å². The topological polar surface area (TPSA) is 33.7 Å². The Morgan fingerprint density at radius 2 is 1.92 bits per heavy atom. The lowest BCUT2D eigenvalue weighted by atomic mass is 10.1. The summed E-state index contributed by atoms with van der Waals surface area (Å²) in [5.41, 5.74) is 3.75. The largest absolute Gasteiger partial charge is 0.489 e. The minimum absolute atomic E-state index is 0.612. The van der Waals surface area contributed by atoms with E-state index in [1.165, 1.54) is 16.7 Å². The van der Waals surface area contributed by atoms with Gasteiger partial charge in [-0.2, -0.15) is 0 Å². The van der Waals surface area contributed by atoms with Gasteiger partial charge in [0.2, 0.25) is 0 Å². The second-order valence-corrected chi connectivity index (χ2v) is 6.49. The molecule has 1 saturated heterocycles. The third kappa shape index (κ3) is 5.85. The first-order chi connectivity index (χ1) is 12.3. The van der Waals surface area contributed by atoms with Crippen LogP contribution in [0, 0.1) is 6.92 Å². The fourth-order valence-corrected chi connectivity index (χ4v) is 2.97. The van der Waals surface area contributed by atoms with Gasteiger partial charge in [-0.25, -0.2) is 0 Å². The molecule has 1 heterocycles. The third-order valence-corrected chi connectivity index (χ3v) is 4.59. The lowest BCUT2D eigenvalue weighted by molar-refractivity contribution is 0.0384. The maximum atomic E-state index is 5.97. The van der Waals surface area contributed by atoms with Crippen LogP contribution in [0.5, 0.6) is 5.75 Å². The van der Waals surface area contributed by atoms with Crippen molar-refractivity contribution in [1.82, 2.24) is 10.2 Å². The molecule has 0 atom stereocenters. The van der Waals surface area contributed by atoms with Gasteiger partial charge < -0.3 is 14.8 Å². The zero-order valence-electron chi connectivity index (χ0n) is 15.0. The van der Waals surface area contributed by atoms with E-state index in [9.17, 15) is 0 Å². The second kappa shape index (κ2) is 9.56. The van der Waals surface area contributed by atoms with Crippen molar-refractivity contribution < 1.29 is 9.47 Å². The average molecular weight is 340 g/mol. The molecule has 25 heavy (non-hydrogen) atoms. The van der Waals surface area contributed by atoms with E-state index in [1.54, 1.807) is 0 Å². The smallest absolute Gasteiger partial charge is 0.120 e. The number of rotatable bonds is 8. The van der Waals surface area contributed by atoms with Gasteiger partial charge >= 0.3 is 0 Å². The highest BCUT2D eigenvalue weighted by atomic mass is 16.5. The molecule has 0 bridgehead atoms. The molecule has 0 aliphatic carbocycles. The second-order valence-electron chi connectivity index (χ2n) is 6.49. The molecule has 134 valence electrons. The number of benzene rings is 2. The maximum absolute atomic E-state index is 5.97. The molecule has 4 nitrogen and oxygen atoms in total. The van der Waals surface area contributed by atoms with Crippen molar-refractivity contribution in [2.24, 2.45) is 0 Å². The lowest BCUT2D eigenvalue weighted by Gasteiger charge is -2.26. The van der Waals surface area contributed by atoms with Crippen LogP contribution in [0.1, 0.15) is 16.7 Å². The van der Waals surface area contributed by atoms with E-state index in [0.717, 1.165) is 51.7 Å². The highest BCUT2D eigenvalue weighted by molar-refractivity contribution is 5.30. The number of hydrogen-bond donors (Lipinski definition) is 1. The van der Waals surface area contributed by atoms with Gasteiger partial charge in [-0.1, -0.05) is 36.4 Å². The van der Waals surface area contributed by atoms with Crippen LogP contribution in [0.15, 0.2) is 48.5 Å². The van der Waals surface area contributed by atoms with Crippen molar-refractivity contribution in [3.8, 4) is 5.75 Å². The Balaban J connectivity index is 1.42. The Morgan fingerprint density at radius 1 is 1.08 bits per heavy atom. The lowest BCUT2D eigenvalue weighted by Crippen LogP contribution is -2.40. The number of aryl methyl sites for hydroxylation is 1. The Hall–Kier alpha value is -1.88. The molecule has 1 aliphatic heterocycles. The summed E-state index contributed by atoms with van der Waals surface area (Å²) >= 11 is 0. The molecule has 0 radical (unpaired) electrons. The number of hydrogen-bond acceptors (Lipinski definition) is 4. The molecule has 0 amide bonds. The molecule has 2 aromatic rings. The molecule has 0 aromatic heterocycles. The summed E-state index contributed by atoms with van der Waals surface area (Å²) < 4.78 is 11.3. The van der Waals surface area contributed by atoms with E-state index >= 15 is 0 Å². The zero-order chi connectivity index (χ0) is 17.3. The molecule has 1 fully saturated rings. The number of ether oxygens (including phenoxy) is 2. The minimum Gasteiger partial charge on any atom is -0.489 e. The van der Waals surface area contributed by atoms with Gasteiger partial charge in [-0.3, -0.25) is 4.90 Å². The molecule has 1 N–H and O–H groups in total. The van der Waals surface area contributed by atoms with Crippen LogP contribution in [-0.2, 0) is 17.9 Å². The summed E-state index contributed by atoms with van der Waals surface area (Å²) in [5, 5.41) is 3.52. The number of nitrogens with zero attached hydrogens (tertiary/aromatic N) is 1. The molecule has 0 spiro atoms. The molecule has 4 heteroatoms. The Bertz CT molecular complexity index is 654. The van der Waals surface area contributed by atoms with Crippen molar-refractivity contribution in [1.29, 1.82) is 0 Å². The van der Waals surface area contributed by atoms with Gasteiger partial charge in [-0.05, 0) is 35.7 Å². The van der Waals surface area contributed by atoms with E-state index < -0.39 is 0 Å². The Morgan fingerprint density at radius 3 is 2.76 bits per heavy atom. The summed E-state index contributed by atoms with van der Waals surface area (Å²) in [6, 6.07) is 16.7. The van der Waals surface area contributed by atoms with Crippen molar-refractivity contribution >= 4 is 0 Å². The van der Waals surface area contributed by atoms with Gasteiger partial charge in [0.05, 0.1) is 13.2 Å². The Kier molecular flexibility index (Phi) is 6.86. The summed E-state index contributed by atoms with van der Waals surface area (Å²) in [6.45, 7) is 9.48. The highest BCUT2D eigenvalue weighted by Crippen LogP contribution is 2.16. The first-order valence-corrected chi connectivity index (χ1v) is 9.08. The van der Waals surface area contributed by atoms with Crippen LogP contribution >= 0.6 is 0 Å². The predicted octanol–water partition coefficient (Wildman–Crippen LogP) is 3.00. The van der Waals surface area contributed by atoms with Crippen molar-refractivity contribution in [3.05, 3.63) is 65.2 Å². The first-order valence-electron chi connectivity index (χ1n) is 9.08. The van der Waals surface area contributed by atoms with Gasteiger partial charge in [0, 0.05) is 32.7 Å². The molecule has 3 rings (SSSR count). The predicted molar refractivity (Wildman–Crippen MR) is 101 cm³/mol. The average Bonchev–Trinajstić information content (AvgIpc) is 2.66. The van der Waals surface area contributed by atoms with Gasteiger partial charge in [0.25, 0.3) is 0 Å². The summed E-state index contributed by atoms with van der Waals surface area (Å²) in [4.78, 5) is 2.44. The highest BCUT2D eigenvalue weighted by Gasteiger charge is 2.09. The van der Waals surface area contributed by atoms with Crippen LogP contribution in [0.3, 0.4) is 0 Å². The van der Waals surface area contributed by atoms with Crippen molar-refractivity contribution in [2.75, 3.05) is 39.4 Å². The van der Waals surface area contributed by atoms with E-state index in [-0.39, 0.29) is 0 Å². The maximum Gasteiger partial charge on any atom is 0.120 e. The molecule has 1 aliphatic rings. The van der Waals surface area contributed by atoms with Gasteiger partial charge in [0.1, 0.15) is 12.4 Å². The molecule has 2 aromatic carbocycles. The molecular formula is C21H28N2O2. The van der Waals surface area contributed by atoms with Crippen LogP contribution in [-0.4, -0.2) is 44.3 Å². The Labute approximate surface area is 150 Å². The van der Waals surface area contributed by atoms with Crippen LogP contribution in [0.4, 0.5) is 0 Å². The molecular weight excluding hydrogens is 312 g/mol. The summed E-state index contributed by atoms with van der Waals surface area (Å²) in [7, 11) is 0. The fourth-order valence-electron chi connectivity index (χ4n) is 2.97. The van der Waals surface area contributed by atoms with Crippen LogP contribution < -0.4 is 10.1 Å². The summed E-state index contributed by atoms with van der Waals surface area (Å²) in [6.07, 6.45) is 0. The van der Waals surface area contributed by atoms with Crippen molar-refractivity contribution in [2.45, 2.75) is 20.1 Å². The van der Waals surface area contributed by atoms with E-state index in [1.807, 2.05) is 6.07 Å². The SMILES string of the molecule is Cc1ccccc1COc1cccc(CNCCN2CCOCC2)c1. The first kappa shape index (κ1) is 17.9. The summed E-state index contributed by atoms with van der Waals surface area (Å²) in [5.74, 6) is 0.927. The van der Waals surface area contributed by atoms with Crippen molar-refractivity contribution in [3.63, 3.8) is 0 Å². The standard InChI is InChI=1S/C21H28N2O2/c1-18-5-2-3-7-20(18)17-25-21-8-4-6-19(15-21)16-22-9-10-23-11-13-24-14-12-23/h2-8,15,22H,9-14,16-17H2,1H3. The number of nitrogens with one attached hydrogen (secondary N) is 1. The quantitative estimate of drug-likeness (QED) is 0.749. The molecule has 0 saturated carbocycles.